The number of ether oxygens (including phenoxy) is 1. The number of aryl methyl sites for hydroxylation is 2. The second-order valence-corrected chi connectivity index (χ2v) is 4.34. The van der Waals surface area contributed by atoms with Crippen molar-refractivity contribution >= 4 is 5.82 Å². The number of rotatable bonds is 4. The third-order valence-electron chi connectivity index (χ3n) is 3.15. The molecule has 0 aliphatic rings. The molecule has 1 aromatic heterocycles. The van der Waals surface area contributed by atoms with Gasteiger partial charge in [0.1, 0.15) is 11.6 Å². The van der Waals surface area contributed by atoms with Crippen molar-refractivity contribution in [2.75, 3.05) is 12.8 Å². The van der Waals surface area contributed by atoms with Gasteiger partial charge >= 0.3 is 0 Å². The lowest BCUT2D eigenvalue weighted by Gasteiger charge is -2.08. The van der Waals surface area contributed by atoms with Crippen molar-refractivity contribution in [3.8, 4) is 5.75 Å². The van der Waals surface area contributed by atoms with E-state index in [1.54, 1.807) is 13.3 Å². The molecule has 2 aromatic rings. The van der Waals surface area contributed by atoms with Crippen LogP contribution in [0, 0.1) is 6.92 Å². The highest BCUT2D eigenvalue weighted by Crippen LogP contribution is 2.18. The van der Waals surface area contributed by atoms with Gasteiger partial charge in [-0.15, -0.1) is 0 Å². The predicted octanol–water partition coefficient (Wildman–Crippen LogP) is 2.77. The maximum atomic E-state index is 5.90. The molecule has 0 aliphatic heterocycles. The zero-order valence-electron chi connectivity index (χ0n) is 10.8. The molecule has 0 aliphatic carbocycles. The van der Waals surface area contributed by atoms with Crippen molar-refractivity contribution in [3.63, 3.8) is 0 Å². The van der Waals surface area contributed by atoms with Gasteiger partial charge in [-0.2, -0.15) is 0 Å². The Bertz CT molecular complexity index is 500. The lowest BCUT2D eigenvalue weighted by Crippen LogP contribution is -2.02. The van der Waals surface area contributed by atoms with E-state index >= 15 is 0 Å². The van der Waals surface area contributed by atoms with Gasteiger partial charge in [-0.1, -0.05) is 12.1 Å². The molecule has 0 saturated carbocycles. The summed E-state index contributed by atoms with van der Waals surface area (Å²) < 4.78 is 5.14. The number of nitrogens with two attached hydrogens (primary N) is 1. The zero-order valence-corrected chi connectivity index (χ0v) is 10.8. The summed E-state index contributed by atoms with van der Waals surface area (Å²) in [6.45, 7) is 2.07. The van der Waals surface area contributed by atoms with E-state index in [9.17, 15) is 0 Å². The van der Waals surface area contributed by atoms with Crippen molar-refractivity contribution < 1.29 is 4.74 Å². The Kier molecular flexibility index (Phi) is 3.82. The van der Waals surface area contributed by atoms with E-state index in [1.807, 2.05) is 18.2 Å². The molecule has 1 heterocycles. The van der Waals surface area contributed by atoms with Crippen LogP contribution >= 0.6 is 0 Å². The van der Waals surface area contributed by atoms with Crippen molar-refractivity contribution in [2.45, 2.75) is 19.8 Å². The van der Waals surface area contributed by atoms with E-state index in [2.05, 4.69) is 24.0 Å². The largest absolute Gasteiger partial charge is 0.497 e. The molecular weight excluding hydrogens is 224 g/mol. The SMILES string of the molecule is COc1ccc(CCc2c(C)ccnc2N)cc1. The van der Waals surface area contributed by atoms with Crippen molar-refractivity contribution in [1.29, 1.82) is 0 Å². The second kappa shape index (κ2) is 5.54. The molecule has 3 heteroatoms. The van der Waals surface area contributed by atoms with E-state index in [4.69, 9.17) is 10.5 Å². The highest BCUT2D eigenvalue weighted by molar-refractivity contribution is 5.44. The third-order valence-corrected chi connectivity index (χ3v) is 3.15. The first-order valence-corrected chi connectivity index (χ1v) is 6.03. The Hall–Kier alpha value is -2.03. The lowest BCUT2D eigenvalue weighted by atomic mass is 10.0. The van der Waals surface area contributed by atoms with Crippen LogP contribution in [0.5, 0.6) is 5.75 Å². The number of nitrogen functional groups attached to an aromatic ring is 1. The van der Waals surface area contributed by atoms with Crippen LogP contribution in [-0.2, 0) is 12.8 Å². The normalized spacial score (nSPS) is 10.3. The highest BCUT2D eigenvalue weighted by atomic mass is 16.5. The molecule has 94 valence electrons. The second-order valence-electron chi connectivity index (χ2n) is 4.34. The monoisotopic (exact) mass is 242 g/mol. The van der Waals surface area contributed by atoms with Crippen LogP contribution in [0.25, 0.3) is 0 Å². The van der Waals surface area contributed by atoms with Crippen LogP contribution in [0.1, 0.15) is 16.7 Å². The molecule has 0 atom stereocenters. The van der Waals surface area contributed by atoms with Crippen LogP contribution in [0.4, 0.5) is 5.82 Å². The van der Waals surface area contributed by atoms with E-state index in [1.165, 1.54) is 11.1 Å². The summed E-state index contributed by atoms with van der Waals surface area (Å²) in [5, 5.41) is 0. The standard InChI is InChI=1S/C15H18N2O/c1-11-9-10-17-15(16)14(11)8-5-12-3-6-13(18-2)7-4-12/h3-4,6-7,9-10H,5,8H2,1-2H3,(H2,16,17). The predicted molar refractivity (Wildman–Crippen MR) is 73.8 cm³/mol. The lowest BCUT2D eigenvalue weighted by molar-refractivity contribution is 0.414. The van der Waals surface area contributed by atoms with Crippen molar-refractivity contribution in [2.24, 2.45) is 0 Å². The van der Waals surface area contributed by atoms with Gasteiger partial charge in [0, 0.05) is 6.20 Å². The molecule has 0 bridgehead atoms. The summed E-state index contributed by atoms with van der Waals surface area (Å²) in [5.41, 5.74) is 9.53. The summed E-state index contributed by atoms with van der Waals surface area (Å²) in [7, 11) is 1.68. The minimum absolute atomic E-state index is 0.642. The van der Waals surface area contributed by atoms with Gasteiger partial charge in [-0.05, 0) is 54.7 Å². The number of hydrogen-bond donors (Lipinski definition) is 1. The molecule has 0 spiro atoms. The van der Waals surface area contributed by atoms with Gasteiger partial charge in [0.15, 0.2) is 0 Å². The van der Waals surface area contributed by atoms with Crippen LogP contribution in [0.2, 0.25) is 0 Å². The van der Waals surface area contributed by atoms with Crippen LogP contribution in [-0.4, -0.2) is 12.1 Å². The van der Waals surface area contributed by atoms with Gasteiger partial charge in [0.25, 0.3) is 0 Å². The maximum Gasteiger partial charge on any atom is 0.126 e. The van der Waals surface area contributed by atoms with Crippen molar-refractivity contribution in [1.82, 2.24) is 4.98 Å². The number of aromatic nitrogens is 1. The van der Waals surface area contributed by atoms with E-state index in [0.29, 0.717) is 5.82 Å². The average molecular weight is 242 g/mol. The number of anilines is 1. The van der Waals surface area contributed by atoms with E-state index in [-0.39, 0.29) is 0 Å². The Morgan fingerprint density at radius 3 is 2.44 bits per heavy atom. The van der Waals surface area contributed by atoms with E-state index in [0.717, 1.165) is 24.2 Å². The molecule has 0 amide bonds. The molecule has 0 fully saturated rings. The van der Waals surface area contributed by atoms with E-state index < -0.39 is 0 Å². The quantitative estimate of drug-likeness (QED) is 0.896. The molecule has 1 aromatic carbocycles. The summed E-state index contributed by atoms with van der Waals surface area (Å²) in [5.74, 6) is 1.53. The van der Waals surface area contributed by atoms with Gasteiger partial charge in [-0.25, -0.2) is 4.98 Å². The average Bonchev–Trinajstić information content (AvgIpc) is 2.39. The molecule has 3 nitrogen and oxygen atoms in total. The Balaban J connectivity index is 2.06. The van der Waals surface area contributed by atoms with Crippen LogP contribution in [0.3, 0.4) is 0 Å². The summed E-state index contributed by atoms with van der Waals surface area (Å²) in [6.07, 6.45) is 3.63. The number of hydrogen-bond acceptors (Lipinski definition) is 3. The number of nitrogens with zero attached hydrogens (tertiary/aromatic N) is 1. The summed E-state index contributed by atoms with van der Waals surface area (Å²) in [6, 6.07) is 10.1. The topological polar surface area (TPSA) is 48.1 Å². The molecule has 0 unspecified atom stereocenters. The van der Waals surface area contributed by atoms with Crippen LogP contribution in [0.15, 0.2) is 36.5 Å². The highest BCUT2D eigenvalue weighted by Gasteiger charge is 2.04. The van der Waals surface area contributed by atoms with Gasteiger partial charge in [0.05, 0.1) is 7.11 Å². The Morgan fingerprint density at radius 1 is 1.11 bits per heavy atom. The molecule has 2 N–H and O–H groups in total. The first-order chi connectivity index (χ1) is 8.70. The minimum Gasteiger partial charge on any atom is -0.497 e. The zero-order chi connectivity index (χ0) is 13.0. The minimum atomic E-state index is 0.642. The first kappa shape index (κ1) is 12.4. The molecule has 18 heavy (non-hydrogen) atoms. The fraction of sp³-hybridized carbons (Fsp3) is 0.267. The molecule has 2 rings (SSSR count). The molecular formula is C15H18N2O. The van der Waals surface area contributed by atoms with Gasteiger partial charge in [-0.3, -0.25) is 0 Å². The Labute approximate surface area is 108 Å². The fourth-order valence-corrected chi connectivity index (χ4v) is 2.00. The van der Waals surface area contributed by atoms with Crippen LogP contribution < -0.4 is 10.5 Å². The first-order valence-electron chi connectivity index (χ1n) is 6.03. The van der Waals surface area contributed by atoms with Gasteiger partial charge in [0.2, 0.25) is 0 Å². The molecule has 0 radical (unpaired) electrons. The van der Waals surface area contributed by atoms with Gasteiger partial charge < -0.3 is 10.5 Å². The third kappa shape index (κ3) is 2.80. The number of benzene rings is 1. The fourth-order valence-electron chi connectivity index (χ4n) is 2.00. The smallest absolute Gasteiger partial charge is 0.126 e. The van der Waals surface area contributed by atoms with Crippen molar-refractivity contribution in [3.05, 3.63) is 53.2 Å². The summed E-state index contributed by atoms with van der Waals surface area (Å²) >= 11 is 0. The Morgan fingerprint density at radius 2 is 1.83 bits per heavy atom. The number of methoxy groups -OCH3 is 1. The summed E-state index contributed by atoms with van der Waals surface area (Å²) in [4.78, 5) is 4.14. The molecule has 0 saturated heterocycles. The maximum absolute atomic E-state index is 5.90. The number of pyridine rings is 1.